The summed E-state index contributed by atoms with van der Waals surface area (Å²) in [6.07, 6.45) is -0.616. The van der Waals surface area contributed by atoms with E-state index in [1.165, 1.54) is 14.2 Å². The molecule has 1 N–H and O–H groups in total. The zero-order valence-corrected chi connectivity index (χ0v) is 14.9. The number of anilines is 1. The van der Waals surface area contributed by atoms with Gasteiger partial charge in [0.05, 0.1) is 18.2 Å². The maximum atomic E-state index is 12.4. The molecule has 0 bridgehead atoms. The summed E-state index contributed by atoms with van der Waals surface area (Å²) in [7, 11) is 4.60. The number of methoxy groups -OCH3 is 2. The lowest BCUT2D eigenvalue weighted by Crippen LogP contribution is -2.49. The van der Waals surface area contributed by atoms with Crippen molar-refractivity contribution in [3.63, 3.8) is 0 Å². The van der Waals surface area contributed by atoms with Crippen molar-refractivity contribution in [2.24, 2.45) is 0 Å². The second-order valence-electron chi connectivity index (χ2n) is 5.40. The van der Waals surface area contributed by atoms with Crippen LogP contribution in [-0.2, 0) is 18.9 Å². The van der Waals surface area contributed by atoms with E-state index in [1.54, 1.807) is 43.1 Å². The van der Waals surface area contributed by atoms with Gasteiger partial charge in [-0.25, -0.2) is 9.59 Å². The minimum atomic E-state index is -0.619. The van der Waals surface area contributed by atoms with Crippen molar-refractivity contribution in [1.82, 2.24) is 5.32 Å². The maximum absolute atomic E-state index is 12.4. The molecule has 2 rings (SSSR count). The van der Waals surface area contributed by atoms with Gasteiger partial charge in [-0.15, -0.1) is 0 Å². The number of carbonyl (C=O) groups excluding carboxylic acids is 2. The summed E-state index contributed by atoms with van der Waals surface area (Å²) in [4.78, 5) is 25.8. The third kappa shape index (κ3) is 4.28. The van der Waals surface area contributed by atoms with Gasteiger partial charge in [0.15, 0.2) is 12.6 Å². The summed E-state index contributed by atoms with van der Waals surface area (Å²) < 4.78 is 21.2. The van der Waals surface area contributed by atoms with Crippen LogP contribution in [0.15, 0.2) is 24.3 Å². The maximum Gasteiger partial charge on any atom is 0.338 e. The van der Waals surface area contributed by atoms with Gasteiger partial charge in [0, 0.05) is 33.4 Å². The molecule has 0 saturated carbocycles. The highest BCUT2D eigenvalue weighted by atomic mass is 16.8. The topological polar surface area (TPSA) is 86.3 Å². The van der Waals surface area contributed by atoms with Crippen LogP contribution in [0.3, 0.4) is 0 Å². The molecule has 1 saturated heterocycles. The molecule has 0 aliphatic carbocycles. The third-order valence-electron chi connectivity index (χ3n) is 3.95. The van der Waals surface area contributed by atoms with E-state index in [0.29, 0.717) is 24.3 Å². The highest BCUT2D eigenvalue weighted by Crippen LogP contribution is 2.30. The molecule has 1 aromatic carbocycles. The molecule has 0 radical (unpaired) electrons. The molecule has 1 fully saturated rings. The Balaban J connectivity index is 2.28. The first-order valence-corrected chi connectivity index (χ1v) is 8.04. The van der Waals surface area contributed by atoms with Crippen LogP contribution in [0.2, 0.25) is 0 Å². The van der Waals surface area contributed by atoms with Gasteiger partial charge in [0.2, 0.25) is 0 Å². The molecule has 8 nitrogen and oxygen atoms in total. The second kappa shape index (κ2) is 8.80. The van der Waals surface area contributed by atoms with E-state index < -0.39 is 18.5 Å². The molecule has 3 atom stereocenters. The molecule has 1 aromatic rings. The molecule has 0 spiro atoms. The van der Waals surface area contributed by atoms with Gasteiger partial charge in [-0.3, -0.25) is 4.90 Å². The fourth-order valence-corrected chi connectivity index (χ4v) is 2.75. The number of carbonyl (C=O) groups is 2. The number of hydrogen-bond acceptors (Lipinski definition) is 6. The molecule has 1 heterocycles. The number of esters is 1. The molecule has 138 valence electrons. The Labute approximate surface area is 147 Å². The number of ether oxygens (including phenoxy) is 4. The van der Waals surface area contributed by atoms with Gasteiger partial charge in [-0.2, -0.15) is 0 Å². The predicted molar refractivity (Wildman–Crippen MR) is 90.4 cm³/mol. The second-order valence-corrected chi connectivity index (χ2v) is 5.40. The van der Waals surface area contributed by atoms with Crippen molar-refractivity contribution in [3.8, 4) is 0 Å². The van der Waals surface area contributed by atoms with Gasteiger partial charge in [0.1, 0.15) is 0 Å². The molecule has 8 heteroatoms. The van der Waals surface area contributed by atoms with Crippen LogP contribution in [0.4, 0.5) is 10.5 Å². The lowest BCUT2D eigenvalue weighted by atomic mass is 10.1. The van der Waals surface area contributed by atoms with Crippen LogP contribution in [0.5, 0.6) is 0 Å². The van der Waals surface area contributed by atoms with Gasteiger partial charge in [-0.05, 0) is 31.2 Å². The summed E-state index contributed by atoms with van der Waals surface area (Å²) in [6, 6.07) is 5.94. The number of nitrogens with one attached hydrogen (secondary N) is 1. The summed E-state index contributed by atoms with van der Waals surface area (Å²) in [5.74, 6) is -0.404. The Kier molecular flexibility index (Phi) is 6.74. The van der Waals surface area contributed by atoms with Crippen molar-refractivity contribution in [2.75, 3.05) is 32.8 Å². The van der Waals surface area contributed by atoms with E-state index in [-0.39, 0.29) is 12.1 Å². The normalized spacial score (nSPS) is 22.5. The molecule has 2 amide bonds. The number of urea groups is 1. The van der Waals surface area contributed by atoms with Crippen molar-refractivity contribution < 1.29 is 28.5 Å². The van der Waals surface area contributed by atoms with Crippen LogP contribution in [-0.4, -0.2) is 58.5 Å². The summed E-state index contributed by atoms with van der Waals surface area (Å²) in [5, 5.41) is 2.62. The third-order valence-corrected chi connectivity index (χ3v) is 3.95. The average Bonchev–Trinajstić information content (AvgIpc) is 3.05. The molecule has 25 heavy (non-hydrogen) atoms. The van der Waals surface area contributed by atoms with E-state index in [9.17, 15) is 9.59 Å². The van der Waals surface area contributed by atoms with Crippen molar-refractivity contribution in [1.29, 1.82) is 0 Å². The Morgan fingerprint density at radius 3 is 2.44 bits per heavy atom. The van der Waals surface area contributed by atoms with Crippen LogP contribution in [0.1, 0.15) is 23.7 Å². The Morgan fingerprint density at radius 2 is 1.92 bits per heavy atom. The molecule has 3 unspecified atom stereocenters. The molecular weight excluding hydrogens is 328 g/mol. The quantitative estimate of drug-likeness (QED) is 0.785. The van der Waals surface area contributed by atoms with Crippen molar-refractivity contribution in [3.05, 3.63) is 29.8 Å². The van der Waals surface area contributed by atoms with E-state index in [2.05, 4.69) is 5.32 Å². The Hall–Kier alpha value is -2.16. The highest BCUT2D eigenvalue weighted by Gasteiger charge is 2.42. The smallest absolute Gasteiger partial charge is 0.338 e. The lowest BCUT2D eigenvalue weighted by Gasteiger charge is -2.30. The standard InChI is InChI=1S/C17H24N2O6/c1-5-24-15(20)11-6-8-12(9-7-11)19(17(21)18-2)13-10-14(22-3)25-16(13)23-4/h6-9,13-14,16H,5,10H2,1-4H3,(H,18,21). The van der Waals surface area contributed by atoms with E-state index in [4.69, 9.17) is 18.9 Å². The van der Waals surface area contributed by atoms with Crippen LogP contribution in [0, 0.1) is 0 Å². The monoisotopic (exact) mass is 352 g/mol. The number of amides is 2. The van der Waals surface area contributed by atoms with Crippen molar-refractivity contribution >= 4 is 17.7 Å². The van der Waals surface area contributed by atoms with E-state index in [0.717, 1.165) is 0 Å². The molecule has 1 aliphatic rings. The number of benzene rings is 1. The number of hydrogen-bond donors (Lipinski definition) is 1. The average molecular weight is 352 g/mol. The minimum Gasteiger partial charge on any atom is -0.462 e. The number of rotatable bonds is 6. The lowest BCUT2D eigenvalue weighted by molar-refractivity contribution is -0.187. The highest BCUT2D eigenvalue weighted by molar-refractivity contribution is 5.94. The largest absolute Gasteiger partial charge is 0.462 e. The first-order valence-electron chi connectivity index (χ1n) is 8.04. The summed E-state index contributed by atoms with van der Waals surface area (Å²) >= 11 is 0. The predicted octanol–water partition coefficient (Wildman–Crippen LogP) is 1.74. The van der Waals surface area contributed by atoms with Gasteiger partial charge >= 0.3 is 12.0 Å². The fraction of sp³-hybridized carbons (Fsp3) is 0.529. The fourth-order valence-electron chi connectivity index (χ4n) is 2.75. The van der Waals surface area contributed by atoms with Gasteiger partial charge < -0.3 is 24.3 Å². The minimum absolute atomic E-state index is 0.304. The van der Waals surface area contributed by atoms with E-state index >= 15 is 0 Å². The Bertz CT molecular complexity index is 591. The molecule has 0 aromatic heterocycles. The van der Waals surface area contributed by atoms with Gasteiger partial charge in [0.25, 0.3) is 0 Å². The molecular formula is C17H24N2O6. The van der Waals surface area contributed by atoms with E-state index in [1.807, 2.05) is 0 Å². The van der Waals surface area contributed by atoms with Crippen molar-refractivity contribution in [2.45, 2.75) is 32.0 Å². The summed E-state index contributed by atoms with van der Waals surface area (Å²) in [6.45, 7) is 2.05. The first kappa shape index (κ1) is 19.2. The first-order chi connectivity index (χ1) is 12.0. The Morgan fingerprint density at radius 1 is 1.24 bits per heavy atom. The van der Waals surface area contributed by atoms with Gasteiger partial charge in [-0.1, -0.05) is 0 Å². The van der Waals surface area contributed by atoms with Crippen LogP contribution >= 0.6 is 0 Å². The summed E-state index contributed by atoms with van der Waals surface area (Å²) in [5.41, 5.74) is 1.03. The SMILES string of the molecule is CCOC(=O)c1ccc(N(C(=O)NC)C2CC(OC)OC2OC)cc1. The zero-order valence-electron chi connectivity index (χ0n) is 14.9. The van der Waals surface area contributed by atoms with Crippen LogP contribution in [0.25, 0.3) is 0 Å². The zero-order chi connectivity index (χ0) is 18.4. The number of nitrogens with zero attached hydrogens (tertiary/aromatic N) is 1. The van der Waals surface area contributed by atoms with Crippen LogP contribution < -0.4 is 10.2 Å². The molecule has 1 aliphatic heterocycles.